The Morgan fingerprint density at radius 3 is 2.58 bits per heavy atom. The first kappa shape index (κ1) is 17.8. The summed E-state index contributed by atoms with van der Waals surface area (Å²) in [6.45, 7) is -0.635. The van der Waals surface area contributed by atoms with Crippen molar-refractivity contribution in [3.8, 4) is 5.75 Å². The normalized spacial score (nSPS) is 14.5. The van der Waals surface area contributed by atoms with Crippen LogP contribution in [0.15, 0.2) is 29.4 Å². The van der Waals surface area contributed by atoms with Crippen molar-refractivity contribution < 1.29 is 23.9 Å². The summed E-state index contributed by atoms with van der Waals surface area (Å²) in [6.07, 6.45) is 5.71. The largest absolute Gasteiger partial charge is 0.497 e. The molecule has 0 bridgehead atoms. The summed E-state index contributed by atoms with van der Waals surface area (Å²) in [6, 6.07) is 7.40. The van der Waals surface area contributed by atoms with Gasteiger partial charge in [-0.3, -0.25) is 4.79 Å². The quantitative estimate of drug-likeness (QED) is 0.444. The number of rotatable bonds is 8. The first-order valence-corrected chi connectivity index (χ1v) is 7.92. The average Bonchev–Trinajstić information content (AvgIpc) is 3.10. The molecule has 1 aliphatic carbocycles. The van der Waals surface area contributed by atoms with Crippen molar-refractivity contribution in [2.45, 2.75) is 31.7 Å². The number of esters is 1. The Hall–Kier alpha value is -2.57. The lowest BCUT2D eigenvalue weighted by Crippen LogP contribution is -2.36. The molecule has 24 heavy (non-hydrogen) atoms. The topological polar surface area (TPSA) is 86.2 Å². The molecule has 1 saturated carbocycles. The molecule has 1 aliphatic rings. The van der Waals surface area contributed by atoms with Gasteiger partial charge in [0.05, 0.1) is 13.3 Å². The Morgan fingerprint density at radius 2 is 1.92 bits per heavy atom. The van der Waals surface area contributed by atoms with Crippen molar-refractivity contribution in [3.05, 3.63) is 29.8 Å². The fourth-order valence-corrected chi connectivity index (χ4v) is 2.41. The molecule has 0 radical (unpaired) electrons. The Balaban J connectivity index is 1.60. The third-order valence-electron chi connectivity index (χ3n) is 3.66. The van der Waals surface area contributed by atoms with Gasteiger partial charge in [-0.1, -0.05) is 18.0 Å². The summed E-state index contributed by atoms with van der Waals surface area (Å²) in [4.78, 5) is 27.9. The molecule has 1 N–H and O–H groups in total. The van der Waals surface area contributed by atoms with Crippen LogP contribution in [0.2, 0.25) is 0 Å². The van der Waals surface area contributed by atoms with Crippen molar-refractivity contribution in [3.63, 3.8) is 0 Å². The summed E-state index contributed by atoms with van der Waals surface area (Å²) in [5, 5.41) is 6.52. The molecule has 1 amide bonds. The molecule has 0 saturated heterocycles. The van der Waals surface area contributed by atoms with Gasteiger partial charge in [0.1, 0.15) is 5.75 Å². The number of carbonyl (C=O) groups excluding carboxylic acids is 2. The molecule has 2 rings (SSSR count). The Kier molecular flexibility index (Phi) is 7.07. The third kappa shape index (κ3) is 6.28. The zero-order chi connectivity index (χ0) is 17.2. The van der Waals surface area contributed by atoms with Crippen LogP contribution in [0.5, 0.6) is 5.75 Å². The van der Waals surface area contributed by atoms with Crippen molar-refractivity contribution >= 4 is 18.1 Å². The highest BCUT2D eigenvalue weighted by Gasteiger charge is 2.17. The molecule has 1 aromatic carbocycles. The Bertz CT molecular complexity index is 565. The minimum Gasteiger partial charge on any atom is -0.497 e. The molecular formula is C17H22N2O5. The number of ether oxygens (including phenoxy) is 2. The summed E-state index contributed by atoms with van der Waals surface area (Å²) in [5.74, 6) is -0.173. The van der Waals surface area contributed by atoms with E-state index >= 15 is 0 Å². The Morgan fingerprint density at radius 1 is 1.21 bits per heavy atom. The van der Waals surface area contributed by atoms with Gasteiger partial charge in [0, 0.05) is 6.04 Å². The number of oxime groups is 1. The van der Waals surface area contributed by atoms with Crippen LogP contribution in [0.1, 0.15) is 31.2 Å². The van der Waals surface area contributed by atoms with Crippen LogP contribution in [0.3, 0.4) is 0 Å². The van der Waals surface area contributed by atoms with Crippen molar-refractivity contribution in [1.29, 1.82) is 0 Å². The van der Waals surface area contributed by atoms with Crippen LogP contribution in [0.4, 0.5) is 0 Å². The molecule has 0 heterocycles. The standard InChI is InChI=1S/C17H22N2O5/c1-22-15-8-6-13(7-9-15)10-18-24-12-17(21)23-11-16(20)19-14-4-2-3-5-14/h6-10,14H,2-5,11-12H2,1H3,(H,19,20)/b18-10-. The van der Waals surface area contributed by atoms with Gasteiger partial charge in [0.25, 0.3) is 5.91 Å². The van der Waals surface area contributed by atoms with Gasteiger partial charge in [-0.25, -0.2) is 4.79 Å². The van der Waals surface area contributed by atoms with E-state index in [9.17, 15) is 9.59 Å². The highest BCUT2D eigenvalue weighted by Crippen LogP contribution is 2.17. The van der Waals surface area contributed by atoms with Gasteiger partial charge in [0.15, 0.2) is 6.61 Å². The van der Waals surface area contributed by atoms with Crippen LogP contribution >= 0.6 is 0 Å². The molecule has 7 heteroatoms. The van der Waals surface area contributed by atoms with E-state index in [2.05, 4.69) is 10.5 Å². The number of nitrogens with zero attached hydrogens (tertiary/aromatic N) is 1. The van der Waals surface area contributed by atoms with Crippen LogP contribution in [-0.2, 0) is 19.2 Å². The lowest BCUT2D eigenvalue weighted by Gasteiger charge is -2.11. The third-order valence-corrected chi connectivity index (χ3v) is 3.66. The number of methoxy groups -OCH3 is 1. The number of hydrogen-bond acceptors (Lipinski definition) is 6. The second-order valence-corrected chi connectivity index (χ2v) is 5.49. The average molecular weight is 334 g/mol. The van der Waals surface area contributed by atoms with Crippen LogP contribution in [0.25, 0.3) is 0 Å². The van der Waals surface area contributed by atoms with E-state index in [0.717, 1.165) is 37.0 Å². The first-order chi connectivity index (χ1) is 11.7. The molecule has 7 nitrogen and oxygen atoms in total. The van der Waals surface area contributed by atoms with E-state index in [-0.39, 0.29) is 25.2 Å². The zero-order valence-corrected chi connectivity index (χ0v) is 13.7. The fraction of sp³-hybridized carbons (Fsp3) is 0.471. The minimum atomic E-state index is -0.636. The molecule has 0 aromatic heterocycles. The SMILES string of the molecule is COc1ccc(/C=N\OCC(=O)OCC(=O)NC2CCCC2)cc1. The molecule has 0 unspecified atom stereocenters. The molecule has 130 valence electrons. The molecule has 1 aromatic rings. The summed E-state index contributed by atoms with van der Waals surface area (Å²) >= 11 is 0. The predicted molar refractivity (Wildman–Crippen MR) is 87.9 cm³/mol. The zero-order valence-electron chi connectivity index (χ0n) is 13.7. The van der Waals surface area contributed by atoms with Gasteiger partial charge in [-0.05, 0) is 42.7 Å². The smallest absolute Gasteiger partial charge is 0.347 e. The number of nitrogens with one attached hydrogen (secondary N) is 1. The highest BCUT2D eigenvalue weighted by atomic mass is 16.7. The van der Waals surface area contributed by atoms with Gasteiger partial charge < -0.3 is 19.6 Å². The summed E-state index contributed by atoms with van der Waals surface area (Å²) in [5.41, 5.74) is 0.806. The second kappa shape index (κ2) is 9.54. The first-order valence-electron chi connectivity index (χ1n) is 7.92. The summed E-state index contributed by atoms with van der Waals surface area (Å²) in [7, 11) is 1.59. The van der Waals surface area contributed by atoms with Gasteiger partial charge in [-0.2, -0.15) is 0 Å². The maximum absolute atomic E-state index is 11.6. The van der Waals surface area contributed by atoms with Crippen molar-refractivity contribution in [2.24, 2.45) is 5.16 Å². The lowest BCUT2D eigenvalue weighted by atomic mass is 10.2. The Labute approximate surface area is 141 Å². The maximum Gasteiger partial charge on any atom is 0.347 e. The molecule has 0 spiro atoms. The number of hydrogen-bond donors (Lipinski definition) is 1. The van der Waals surface area contributed by atoms with Gasteiger partial charge in [0.2, 0.25) is 6.61 Å². The maximum atomic E-state index is 11.6. The monoisotopic (exact) mass is 334 g/mol. The van der Waals surface area contributed by atoms with Gasteiger partial charge in [-0.15, -0.1) is 0 Å². The molecule has 1 fully saturated rings. The lowest BCUT2D eigenvalue weighted by molar-refractivity contribution is -0.153. The van der Waals surface area contributed by atoms with Crippen LogP contribution in [0, 0.1) is 0 Å². The van der Waals surface area contributed by atoms with E-state index in [1.54, 1.807) is 31.4 Å². The van der Waals surface area contributed by atoms with Crippen LogP contribution in [-0.4, -0.2) is 44.5 Å². The molecular weight excluding hydrogens is 312 g/mol. The van der Waals surface area contributed by atoms with E-state index in [0.29, 0.717) is 0 Å². The summed E-state index contributed by atoms with van der Waals surface area (Å²) < 4.78 is 9.87. The minimum absolute atomic E-state index is 0.210. The predicted octanol–water partition coefficient (Wildman–Crippen LogP) is 1.65. The van der Waals surface area contributed by atoms with Gasteiger partial charge >= 0.3 is 5.97 Å². The highest BCUT2D eigenvalue weighted by molar-refractivity contribution is 5.81. The van der Waals surface area contributed by atoms with Crippen LogP contribution < -0.4 is 10.1 Å². The van der Waals surface area contributed by atoms with Crippen molar-refractivity contribution in [2.75, 3.05) is 20.3 Å². The number of benzene rings is 1. The number of carbonyl (C=O) groups is 2. The molecule has 0 atom stereocenters. The van der Waals surface area contributed by atoms with E-state index < -0.39 is 5.97 Å². The second-order valence-electron chi connectivity index (χ2n) is 5.49. The van der Waals surface area contributed by atoms with E-state index in [1.165, 1.54) is 6.21 Å². The van der Waals surface area contributed by atoms with E-state index in [1.807, 2.05) is 0 Å². The van der Waals surface area contributed by atoms with E-state index in [4.69, 9.17) is 14.3 Å². The fourth-order valence-electron chi connectivity index (χ4n) is 2.41. The van der Waals surface area contributed by atoms with Crippen molar-refractivity contribution in [1.82, 2.24) is 5.32 Å². The number of amides is 1. The molecule has 0 aliphatic heterocycles.